The first-order chi connectivity index (χ1) is 12.5. The molecule has 0 bridgehead atoms. The van der Waals surface area contributed by atoms with E-state index in [1.54, 1.807) is 31.2 Å². The minimum absolute atomic E-state index is 0.0389. The van der Waals surface area contributed by atoms with Gasteiger partial charge in [0.15, 0.2) is 5.12 Å². The second-order valence-corrected chi connectivity index (χ2v) is 11.2. The van der Waals surface area contributed by atoms with Crippen molar-refractivity contribution in [3.05, 3.63) is 65.7 Å². The topological polar surface area (TPSA) is 63.2 Å². The number of nitrogens with one attached hydrogen (secondary N) is 1. The van der Waals surface area contributed by atoms with E-state index in [1.807, 2.05) is 58.0 Å². The zero-order valence-corrected chi connectivity index (χ0v) is 18.0. The van der Waals surface area contributed by atoms with E-state index in [-0.39, 0.29) is 14.8 Å². The average molecular weight is 406 g/mol. The fourth-order valence-electron chi connectivity index (χ4n) is 2.60. The fourth-order valence-corrected chi connectivity index (χ4v) is 4.83. The molecule has 0 aliphatic heterocycles. The van der Waals surface area contributed by atoms with E-state index >= 15 is 0 Å². The normalized spacial score (nSPS) is 14.6. The fraction of sp³-hybridized carbons (Fsp3) is 0.381. The molecule has 0 saturated carbocycles. The first-order valence-electron chi connectivity index (χ1n) is 8.86. The largest absolute Gasteiger partial charge is 0.287 e. The molecule has 0 aliphatic rings. The van der Waals surface area contributed by atoms with Gasteiger partial charge >= 0.3 is 0 Å². The van der Waals surface area contributed by atoms with Crippen LogP contribution in [0.3, 0.4) is 0 Å². The molecule has 0 aromatic heterocycles. The van der Waals surface area contributed by atoms with Crippen LogP contribution < -0.4 is 4.72 Å². The predicted octanol–water partition coefficient (Wildman–Crippen LogP) is 4.71. The smallest absolute Gasteiger partial charge is 0.241 e. The van der Waals surface area contributed by atoms with Crippen LogP contribution >= 0.6 is 11.8 Å². The number of rotatable bonds is 6. The zero-order chi connectivity index (χ0) is 20.2. The van der Waals surface area contributed by atoms with Crippen molar-refractivity contribution < 1.29 is 13.2 Å². The van der Waals surface area contributed by atoms with Crippen LogP contribution in [0.1, 0.15) is 44.9 Å². The third kappa shape index (κ3) is 6.19. The van der Waals surface area contributed by atoms with E-state index in [1.165, 1.54) is 11.8 Å². The lowest BCUT2D eigenvalue weighted by molar-refractivity contribution is -0.114. The Morgan fingerprint density at radius 2 is 1.56 bits per heavy atom. The van der Waals surface area contributed by atoms with Gasteiger partial charge in [0, 0.05) is 10.7 Å². The SMILES string of the molecule is Cc1ccc(S(=O)(=O)NC(c2ccccc2)C(C)C(=O)SC(C)(C)C)cc1. The number of hydrogen-bond acceptors (Lipinski definition) is 4. The van der Waals surface area contributed by atoms with Gasteiger partial charge in [0.05, 0.1) is 10.9 Å². The van der Waals surface area contributed by atoms with Crippen LogP contribution in [0.2, 0.25) is 0 Å². The molecule has 2 rings (SSSR count). The monoisotopic (exact) mass is 405 g/mol. The molecule has 0 aliphatic carbocycles. The number of carbonyl (C=O) groups excluding carboxylic acids is 1. The van der Waals surface area contributed by atoms with Crippen LogP contribution in [0.4, 0.5) is 0 Å². The van der Waals surface area contributed by atoms with Crippen molar-refractivity contribution in [2.45, 2.75) is 50.3 Å². The average Bonchev–Trinajstić information content (AvgIpc) is 2.59. The van der Waals surface area contributed by atoms with Crippen LogP contribution in [0.25, 0.3) is 0 Å². The second-order valence-electron chi connectivity index (χ2n) is 7.64. The molecule has 2 aromatic carbocycles. The van der Waals surface area contributed by atoms with E-state index in [0.717, 1.165) is 11.1 Å². The van der Waals surface area contributed by atoms with Gasteiger partial charge in [-0.1, -0.05) is 87.5 Å². The Hall–Kier alpha value is -1.63. The number of sulfonamides is 1. The summed E-state index contributed by atoms with van der Waals surface area (Å²) >= 11 is 1.24. The van der Waals surface area contributed by atoms with Crippen LogP contribution in [-0.4, -0.2) is 18.3 Å². The molecule has 2 atom stereocenters. The number of thioether (sulfide) groups is 1. The molecule has 0 spiro atoms. The van der Waals surface area contributed by atoms with Crippen molar-refractivity contribution >= 4 is 26.9 Å². The number of aryl methyl sites for hydroxylation is 1. The van der Waals surface area contributed by atoms with Crippen molar-refractivity contribution in [1.29, 1.82) is 0 Å². The highest BCUT2D eigenvalue weighted by molar-refractivity contribution is 8.14. The van der Waals surface area contributed by atoms with Crippen molar-refractivity contribution in [1.82, 2.24) is 4.72 Å². The summed E-state index contributed by atoms with van der Waals surface area (Å²) in [5.74, 6) is -0.517. The summed E-state index contributed by atoms with van der Waals surface area (Å²) in [7, 11) is -3.76. The van der Waals surface area contributed by atoms with E-state index in [4.69, 9.17) is 0 Å². The van der Waals surface area contributed by atoms with Gasteiger partial charge in [-0.2, -0.15) is 0 Å². The summed E-state index contributed by atoms with van der Waals surface area (Å²) < 4.78 is 28.3. The molecule has 6 heteroatoms. The molecule has 0 saturated heterocycles. The molecule has 0 heterocycles. The van der Waals surface area contributed by atoms with E-state index in [9.17, 15) is 13.2 Å². The maximum absolute atomic E-state index is 12.9. The quantitative estimate of drug-likeness (QED) is 0.756. The van der Waals surface area contributed by atoms with Gasteiger partial charge in [-0.25, -0.2) is 13.1 Å². The van der Waals surface area contributed by atoms with E-state index in [0.29, 0.717) is 0 Å². The van der Waals surface area contributed by atoms with Crippen LogP contribution in [0.15, 0.2) is 59.5 Å². The van der Waals surface area contributed by atoms with E-state index in [2.05, 4.69) is 4.72 Å². The van der Waals surface area contributed by atoms with Gasteiger partial charge in [0.2, 0.25) is 10.0 Å². The van der Waals surface area contributed by atoms with E-state index < -0.39 is 22.0 Å². The van der Waals surface area contributed by atoms with Gasteiger partial charge in [-0.05, 0) is 24.6 Å². The van der Waals surface area contributed by atoms with Gasteiger partial charge in [-0.15, -0.1) is 0 Å². The molecule has 2 aromatic rings. The maximum Gasteiger partial charge on any atom is 0.241 e. The molecule has 0 radical (unpaired) electrons. The van der Waals surface area contributed by atoms with Gasteiger partial charge in [0.1, 0.15) is 0 Å². The van der Waals surface area contributed by atoms with Crippen LogP contribution in [0, 0.1) is 12.8 Å². The number of carbonyl (C=O) groups is 1. The van der Waals surface area contributed by atoms with Crippen molar-refractivity contribution in [2.75, 3.05) is 0 Å². The molecule has 2 unspecified atom stereocenters. The highest BCUT2D eigenvalue weighted by Gasteiger charge is 2.32. The minimum Gasteiger partial charge on any atom is -0.287 e. The first kappa shape index (κ1) is 21.7. The van der Waals surface area contributed by atoms with Gasteiger partial charge in [0.25, 0.3) is 0 Å². The molecule has 4 nitrogen and oxygen atoms in total. The Morgan fingerprint density at radius 3 is 2.07 bits per heavy atom. The maximum atomic E-state index is 12.9. The Morgan fingerprint density at radius 1 is 1.00 bits per heavy atom. The van der Waals surface area contributed by atoms with Crippen molar-refractivity contribution in [3.63, 3.8) is 0 Å². The summed E-state index contributed by atoms with van der Waals surface area (Å²) in [5.41, 5.74) is 1.75. The molecule has 146 valence electrons. The lowest BCUT2D eigenvalue weighted by Gasteiger charge is -2.27. The molecule has 0 fully saturated rings. The summed E-state index contributed by atoms with van der Waals surface area (Å²) in [6.07, 6.45) is 0. The third-order valence-electron chi connectivity index (χ3n) is 4.05. The summed E-state index contributed by atoms with van der Waals surface area (Å²) in [6.45, 7) is 9.58. The molecule has 0 amide bonds. The molecular formula is C21H27NO3S2. The summed E-state index contributed by atoms with van der Waals surface area (Å²) in [4.78, 5) is 13.0. The standard InChI is InChI=1S/C21H27NO3S2/c1-15-11-13-18(14-12-15)27(24,25)22-19(17-9-7-6-8-10-17)16(2)20(23)26-21(3,4)5/h6-14,16,19,22H,1-5H3. The van der Waals surface area contributed by atoms with Gasteiger partial charge in [-0.3, -0.25) is 4.79 Å². The molecular weight excluding hydrogens is 378 g/mol. The second kappa shape index (κ2) is 8.59. The summed E-state index contributed by atoms with van der Waals surface area (Å²) in [6, 6.07) is 15.3. The Bertz CT molecular complexity index is 870. The first-order valence-corrected chi connectivity index (χ1v) is 11.2. The summed E-state index contributed by atoms with van der Waals surface area (Å²) in [5, 5.41) is -0.0389. The highest BCUT2D eigenvalue weighted by atomic mass is 32.2. The predicted molar refractivity (Wildman–Crippen MR) is 112 cm³/mol. The lowest BCUT2D eigenvalue weighted by atomic mass is 9.96. The van der Waals surface area contributed by atoms with Gasteiger partial charge < -0.3 is 0 Å². The molecule has 27 heavy (non-hydrogen) atoms. The lowest BCUT2D eigenvalue weighted by Crippen LogP contribution is -2.35. The Balaban J connectivity index is 2.36. The number of benzene rings is 2. The van der Waals surface area contributed by atoms with Crippen LogP contribution in [0.5, 0.6) is 0 Å². The molecule has 1 N–H and O–H groups in total. The van der Waals surface area contributed by atoms with Crippen LogP contribution in [-0.2, 0) is 14.8 Å². The highest BCUT2D eigenvalue weighted by Crippen LogP contribution is 2.33. The minimum atomic E-state index is -3.76. The Kier molecular flexibility index (Phi) is 6.89. The number of hydrogen-bond donors (Lipinski definition) is 1. The Labute approximate surface area is 166 Å². The third-order valence-corrected chi connectivity index (χ3v) is 6.69. The van der Waals surface area contributed by atoms with Crippen molar-refractivity contribution in [3.8, 4) is 0 Å². The zero-order valence-electron chi connectivity index (χ0n) is 16.4. The van der Waals surface area contributed by atoms with Crippen molar-refractivity contribution in [2.24, 2.45) is 5.92 Å².